The number of nitrogens with one attached hydrogen (secondary N) is 1. The van der Waals surface area contributed by atoms with Gasteiger partial charge in [0.1, 0.15) is 24.0 Å². The number of ether oxygens (including phenoxy) is 1. The number of aromatic carboxylic acids is 2. The fourth-order valence-corrected chi connectivity index (χ4v) is 4.39. The van der Waals surface area contributed by atoms with Gasteiger partial charge < -0.3 is 20.3 Å². The molecule has 0 aliphatic rings. The van der Waals surface area contributed by atoms with Crippen molar-refractivity contribution >= 4 is 61.5 Å². The van der Waals surface area contributed by atoms with Crippen LogP contribution in [0.25, 0.3) is 6.08 Å². The van der Waals surface area contributed by atoms with Crippen LogP contribution in [-0.4, -0.2) is 28.1 Å². The number of carbonyl (C=O) groups is 3. The number of halogens is 2. The first-order valence-corrected chi connectivity index (χ1v) is 11.5. The van der Waals surface area contributed by atoms with Crippen molar-refractivity contribution in [3.63, 3.8) is 0 Å². The number of hydrogen-bond acceptors (Lipinski definition) is 5. The Morgan fingerprint density at radius 3 is 2.14 bits per heavy atom. The zero-order valence-electron chi connectivity index (χ0n) is 17.8. The van der Waals surface area contributed by atoms with Gasteiger partial charge in [-0.15, -0.1) is 0 Å². The van der Waals surface area contributed by atoms with Gasteiger partial charge in [0, 0.05) is 5.69 Å². The summed E-state index contributed by atoms with van der Waals surface area (Å²) in [5.41, 5.74) is 1.56. The van der Waals surface area contributed by atoms with E-state index in [1.807, 2.05) is 6.07 Å². The smallest absolute Gasteiger partial charge is 0.335 e. The molecular formula is C25H16Br2N2O6. The molecule has 0 bridgehead atoms. The molecule has 0 saturated heterocycles. The maximum Gasteiger partial charge on any atom is 0.335 e. The van der Waals surface area contributed by atoms with Crippen molar-refractivity contribution < 1.29 is 29.3 Å². The summed E-state index contributed by atoms with van der Waals surface area (Å²) >= 11 is 6.85. The van der Waals surface area contributed by atoms with Gasteiger partial charge >= 0.3 is 11.9 Å². The van der Waals surface area contributed by atoms with Gasteiger partial charge in [-0.25, -0.2) is 9.59 Å². The second-order valence-corrected chi connectivity index (χ2v) is 8.82. The monoisotopic (exact) mass is 598 g/mol. The number of nitrogens with zero attached hydrogens (tertiary/aromatic N) is 1. The molecule has 3 aromatic rings. The van der Waals surface area contributed by atoms with Crippen molar-refractivity contribution in [1.29, 1.82) is 5.26 Å². The Kier molecular flexibility index (Phi) is 8.41. The van der Waals surface area contributed by atoms with Crippen molar-refractivity contribution in [3.8, 4) is 11.8 Å². The number of carbonyl (C=O) groups excluding carboxylic acids is 1. The number of carboxylic acids is 2. The molecular weight excluding hydrogens is 584 g/mol. The quantitative estimate of drug-likeness (QED) is 0.222. The Hall–Kier alpha value is -3.94. The van der Waals surface area contributed by atoms with Gasteiger partial charge in [-0.3, -0.25) is 4.79 Å². The third-order valence-corrected chi connectivity index (χ3v) is 5.83. The van der Waals surface area contributed by atoms with E-state index in [1.54, 1.807) is 24.3 Å². The first kappa shape index (κ1) is 25.7. The normalized spacial score (nSPS) is 10.8. The lowest BCUT2D eigenvalue weighted by atomic mass is 10.1. The van der Waals surface area contributed by atoms with Crippen molar-refractivity contribution in [3.05, 3.63) is 97.4 Å². The number of rotatable bonds is 8. The number of nitriles is 1. The van der Waals surface area contributed by atoms with Crippen LogP contribution < -0.4 is 10.1 Å². The maximum atomic E-state index is 12.6. The van der Waals surface area contributed by atoms with Crippen molar-refractivity contribution in [2.75, 3.05) is 5.32 Å². The molecule has 10 heteroatoms. The largest absolute Gasteiger partial charge is 0.487 e. The molecule has 0 saturated carbocycles. The van der Waals surface area contributed by atoms with E-state index in [1.165, 1.54) is 42.5 Å². The minimum absolute atomic E-state index is 0.00608. The Balaban J connectivity index is 1.75. The molecule has 0 spiro atoms. The van der Waals surface area contributed by atoms with Crippen LogP contribution in [0.3, 0.4) is 0 Å². The SMILES string of the molecule is N#C/C(=C/c1cc(Br)c(OCc2ccc(C(=O)O)cc2)c(Br)c1)C(=O)Nc1cccc(C(=O)O)c1. The predicted molar refractivity (Wildman–Crippen MR) is 135 cm³/mol. The summed E-state index contributed by atoms with van der Waals surface area (Å²) in [5, 5.41) is 30.1. The predicted octanol–water partition coefficient (Wildman–Crippen LogP) is 5.73. The first-order valence-electron chi connectivity index (χ1n) is 9.88. The van der Waals surface area contributed by atoms with Crippen molar-refractivity contribution in [1.82, 2.24) is 0 Å². The molecule has 0 radical (unpaired) electrons. The maximum absolute atomic E-state index is 12.6. The van der Waals surface area contributed by atoms with E-state index in [4.69, 9.17) is 14.9 Å². The lowest BCUT2D eigenvalue weighted by Gasteiger charge is -2.12. The molecule has 3 aromatic carbocycles. The minimum Gasteiger partial charge on any atom is -0.487 e. The van der Waals surface area contributed by atoms with E-state index in [0.29, 0.717) is 20.3 Å². The second-order valence-electron chi connectivity index (χ2n) is 7.11. The second kappa shape index (κ2) is 11.5. The molecule has 0 heterocycles. The summed E-state index contributed by atoms with van der Waals surface area (Å²) in [5.74, 6) is -2.34. The standard InChI is InChI=1S/C25H16Br2N2O6/c26-20-9-15(8-18(12-28)23(30)29-19-3-1-2-17(11-19)25(33)34)10-21(27)22(20)35-13-14-4-6-16(7-5-14)24(31)32/h1-11H,13H2,(H,29,30)(H,31,32)(H,33,34)/b18-8-. The van der Waals surface area contributed by atoms with Crippen LogP contribution in [0.15, 0.2) is 75.2 Å². The molecule has 1 amide bonds. The summed E-state index contributed by atoms with van der Waals surface area (Å²) in [6, 6.07) is 17.2. The average molecular weight is 600 g/mol. The molecule has 8 nitrogen and oxygen atoms in total. The summed E-state index contributed by atoms with van der Waals surface area (Å²) in [6.07, 6.45) is 1.39. The number of carboxylic acid groups (broad SMARTS) is 2. The van der Waals surface area contributed by atoms with Gasteiger partial charge in [-0.05, 0) is 91.5 Å². The molecule has 0 atom stereocenters. The third kappa shape index (κ3) is 6.79. The van der Waals surface area contributed by atoms with E-state index in [2.05, 4.69) is 37.2 Å². The van der Waals surface area contributed by atoms with Crippen LogP contribution in [0.1, 0.15) is 31.8 Å². The number of anilines is 1. The van der Waals surface area contributed by atoms with Gasteiger partial charge in [-0.1, -0.05) is 18.2 Å². The van der Waals surface area contributed by atoms with Crippen LogP contribution >= 0.6 is 31.9 Å². The zero-order valence-corrected chi connectivity index (χ0v) is 21.0. The molecule has 0 aliphatic heterocycles. The molecule has 0 unspecified atom stereocenters. The van der Waals surface area contributed by atoms with Crippen LogP contribution in [0, 0.1) is 11.3 Å². The van der Waals surface area contributed by atoms with Gasteiger partial charge in [-0.2, -0.15) is 5.26 Å². The number of hydrogen-bond donors (Lipinski definition) is 3. The Bertz CT molecular complexity index is 1350. The Labute approximate surface area is 216 Å². The highest BCUT2D eigenvalue weighted by Gasteiger charge is 2.14. The number of amides is 1. The summed E-state index contributed by atoms with van der Waals surface area (Å²) in [6.45, 7) is 0.188. The first-order chi connectivity index (χ1) is 16.7. The Morgan fingerprint density at radius 2 is 1.57 bits per heavy atom. The molecule has 0 aliphatic carbocycles. The van der Waals surface area contributed by atoms with E-state index in [9.17, 15) is 19.6 Å². The molecule has 176 valence electrons. The number of benzene rings is 3. The van der Waals surface area contributed by atoms with E-state index in [0.717, 1.165) is 5.56 Å². The topological polar surface area (TPSA) is 137 Å². The fourth-order valence-electron chi connectivity index (χ4n) is 2.94. The fraction of sp³-hybridized carbons (Fsp3) is 0.0400. The molecule has 0 fully saturated rings. The third-order valence-electron chi connectivity index (χ3n) is 4.65. The highest BCUT2D eigenvalue weighted by molar-refractivity contribution is 9.11. The highest BCUT2D eigenvalue weighted by atomic mass is 79.9. The summed E-state index contributed by atoms with van der Waals surface area (Å²) in [4.78, 5) is 34.6. The van der Waals surface area contributed by atoms with Gasteiger partial charge in [0.25, 0.3) is 5.91 Å². The molecule has 35 heavy (non-hydrogen) atoms. The van der Waals surface area contributed by atoms with E-state index < -0.39 is 17.8 Å². The van der Waals surface area contributed by atoms with Gasteiger partial charge in [0.2, 0.25) is 0 Å². The molecule has 3 rings (SSSR count). The highest BCUT2D eigenvalue weighted by Crippen LogP contribution is 2.36. The summed E-state index contributed by atoms with van der Waals surface area (Å²) < 4.78 is 6.97. The van der Waals surface area contributed by atoms with Gasteiger partial charge in [0.05, 0.1) is 20.1 Å². The lowest BCUT2D eigenvalue weighted by Crippen LogP contribution is -2.14. The molecule has 0 aromatic heterocycles. The zero-order chi connectivity index (χ0) is 25.5. The molecule has 3 N–H and O–H groups in total. The average Bonchev–Trinajstić information content (AvgIpc) is 2.82. The van der Waals surface area contributed by atoms with Crippen LogP contribution in [0.5, 0.6) is 5.75 Å². The van der Waals surface area contributed by atoms with Crippen LogP contribution in [-0.2, 0) is 11.4 Å². The summed E-state index contributed by atoms with van der Waals surface area (Å²) in [7, 11) is 0. The van der Waals surface area contributed by atoms with Crippen molar-refractivity contribution in [2.45, 2.75) is 6.61 Å². The van der Waals surface area contributed by atoms with Crippen LogP contribution in [0.4, 0.5) is 5.69 Å². The van der Waals surface area contributed by atoms with Gasteiger partial charge in [0.15, 0.2) is 0 Å². The van der Waals surface area contributed by atoms with Crippen molar-refractivity contribution in [2.24, 2.45) is 0 Å². The van der Waals surface area contributed by atoms with E-state index in [-0.39, 0.29) is 29.0 Å². The minimum atomic E-state index is -1.13. The van der Waals surface area contributed by atoms with Crippen LogP contribution in [0.2, 0.25) is 0 Å². The Morgan fingerprint density at radius 1 is 0.943 bits per heavy atom. The van der Waals surface area contributed by atoms with E-state index >= 15 is 0 Å². The lowest BCUT2D eigenvalue weighted by molar-refractivity contribution is -0.112.